The Balaban J connectivity index is 1.83. The van der Waals surface area contributed by atoms with E-state index in [9.17, 15) is 14.7 Å². The zero-order valence-corrected chi connectivity index (χ0v) is 13.8. The van der Waals surface area contributed by atoms with Gasteiger partial charge in [-0.05, 0) is 49.9 Å². The number of rotatable bonds is 4. The topological polar surface area (TPSA) is 88.8 Å². The molecule has 0 bridgehead atoms. The van der Waals surface area contributed by atoms with E-state index in [1.54, 1.807) is 26.0 Å². The normalized spacial score (nSPS) is 17.3. The van der Waals surface area contributed by atoms with Crippen molar-refractivity contribution in [2.45, 2.75) is 39.2 Å². The predicted octanol–water partition coefficient (Wildman–Crippen LogP) is 1.95. The lowest BCUT2D eigenvalue weighted by molar-refractivity contribution is -0.121. The molecule has 1 aliphatic rings. The number of amides is 1. The highest BCUT2D eigenvalue weighted by molar-refractivity contribution is 5.89. The minimum atomic E-state index is -0.544. The largest absolute Gasteiger partial charge is 0.507 e. The second-order valence-electron chi connectivity index (χ2n) is 6.27. The van der Waals surface area contributed by atoms with Gasteiger partial charge in [0.25, 0.3) is 0 Å². The molecular formula is C18H21NO5. The van der Waals surface area contributed by atoms with Crippen LogP contribution in [0.25, 0.3) is 11.0 Å². The molecule has 1 aliphatic heterocycles. The molecule has 1 atom stereocenters. The molecule has 1 fully saturated rings. The molecule has 2 aromatic rings. The van der Waals surface area contributed by atoms with Crippen LogP contribution in [0, 0.1) is 13.8 Å². The fraction of sp³-hybridized carbons (Fsp3) is 0.444. The molecule has 0 spiro atoms. The molecule has 1 aromatic carbocycles. The number of hydrogen-bond acceptors (Lipinski definition) is 5. The Kier molecular flexibility index (Phi) is 4.57. The van der Waals surface area contributed by atoms with Crippen LogP contribution in [0.4, 0.5) is 0 Å². The molecule has 3 rings (SSSR count). The Morgan fingerprint density at radius 1 is 1.38 bits per heavy atom. The van der Waals surface area contributed by atoms with Crippen LogP contribution in [0.5, 0.6) is 5.75 Å². The number of benzene rings is 1. The summed E-state index contributed by atoms with van der Waals surface area (Å²) in [5.41, 5.74) is 1.43. The van der Waals surface area contributed by atoms with Crippen molar-refractivity contribution in [3.63, 3.8) is 0 Å². The van der Waals surface area contributed by atoms with Crippen LogP contribution in [0.2, 0.25) is 0 Å². The van der Waals surface area contributed by atoms with Gasteiger partial charge < -0.3 is 19.6 Å². The van der Waals surface area contributed by atoms with Crippen molar-refractivity contribution in [1.29, 1.82) is 0 Å². The van der Waals surface area contributed by atoms with Crippen LogP contribution < -0.4 is 10.9 Å². The quantitative estimate of drug-likeness (QED) is 0.836. The lowest BCUT2D eigenvalue weighted by Gasteiger charge is -2.12. The molecule has 24 heavy (non-hydrogen) atoms. The van der Waals surface area contributed by atoms with Gasteiger partial charge in [0, 0.05) is 13.2 Å². The fourth-order valence-corrected chi connectivity index (χ4v) is 3.12. The number of aryl methyl sites for hydroxylation is 2. The van der Waals surface area contributed by atoms with Gasteiger partial charge in [-0.3, -0.25) is 4.79 Å². The zero-order chi connectivity index (χ0) is 17.3. The lowest BCUT2D eigenvalue weighted by Crippen LogP contribution is -2.34. The van der Waals surface area contributed by atoms with E-state index in [0.29, 0.717) is 23.1 Å². The van der Waals surface area contributed by atoms with Crippen molar-refractivity contribution in [1.82, 2.24) is 5.32 Å². The predicted molar refractivity (Wildman–Crippen MR) is 89.3 cm³/mol. The number of hydrogen-bond donors (Lipinski definition) is 2. The number of nitrogens with one attached hydrogen (secondary N) is 1. The molecule has 2 N–H and O–H groups in total. The summed E-state index contributed by atoms with van der Waals surface area (Å²) < 4.78 is 10.8. The monoisotopic (exact) mass is 331 g/mol. The summed E-state index contributed by atoms with van der Waals surface area (Å²) in [6.45, 7) is 4.70. The standard InChI is InChI=1S/C18H21NO5/c1-10-6-14(20)17-11(2)13(18(22)24-15(17)7-10)8-16(21)19-9-12-4-3-5-23-12/h6-7,12,20H,3-5,8-9H2,1-2H3,(H,19,21). The summed E-state index contributed by atoms with van der Waals surface area (Å²) in [6.07, 6.45) is 1.91. The third-order valence-electron chi connectivity index (χ3n) is 4.39. The van der Waals surface area contributed by atoms with Crippen molar-refractivity contribution in [3.8, 4) is 5.75 Å². The summed E-state index contributed by atoms with van der Waals surface area (Å²) >= 11 is 0. The Labute approximate surface area is 139 Å². The van der Waals surface area contributed by atoms with E-state index in [1.807, 2.05) is 0 Å². The maximum Gasteiger partial charge on any atom is 0.340 e. The van der Waals surface area contributed by atoms with Crippen LogP contribution in [-0.4, -0.2) is 30.3 Å². The first-order valence-corrected chi connectivity index (χ1v) is 8.10. The average molecular weight is 331 g/mol. The first-order valence-electron chi connectivity index (χ1n) is 8.10. The smallest absolute Gasteiger partial charge is 0.340 e. The van der Waals surface area contributed by atoms with Gasteiger partial charge in [0.1, 0.15) is 11.3 Å². The molecule has 6 nitrogen and oxygen atoms in total. The van der Waals surface area contributed by atoms with Crippen LogP contribution >= 0.6 is 0 Å². The van der Waals surface area contributed by atoms with E-state index in [4.69, 9.17) is 9.15 Å². The third kappa shape index (κ3) is 3.28. The molecule has 1 unspecified atom stereocenters. The molecular weight excluding hydrogens is 310 g/mol. The number of carbonyl (C=O) groups is 1. The summed E-state index contributed by atoms with van der Waals surface area (Å²) in [4.78, 5) is 24.4. The molecule has 0 radical (unpaired) electrons. The number of ether oxygens (including phenoxy) is 1. The minimum absolute atomic E-state index is 0.0484. The highest BCUT2D eigenvalue weighted by Crippen LogP contribution is 2.29. The number of aromatic hydroxyl groups is 1. The van der Waals surface area contributed by atoms with E-state index in [0.717, 1.165) is 25.0 Å². The summed E-state index contributed by atoms with van der Waals surface area (Å²) in [5, 5.41) is 13.4. The second kappa shape index (κ2) is 6.65. The number of phenols is 1. The summed E-state index contributed by atoms with van der Waals surface area (Å²) in [5.74, 6) is -0.209. The molecule has 128 valence electrons. The van der Waals surface area contributed by atoms with Gasteiger partial charge in [0.15, 0.2) is 0 Å². The van der Waals surface area contributed by atoms with E-state index in [2.05, 4.69) is 5.32 Å². The fourth-order valence-electron chi connectivity index (χ4n) is 3.12. The maximum absolute atomic E-state index is 12.2. The maximum atomic E-state index is 12.2. The van der Waals surface area contributed by atoms with Crippen LogP contribution in [0.15, 0.2) is 21.3 Å². The van der Waals surface area contributed by atoms with E-state index < -0.39 is 5.63 Å². The molecule has 6 heteroatoms. The summed E-state index contributed by atoms with van der Waals surface area (Å²) in [7, 11) is 0. The Morgan fingerprint density at radius 3 is 2.88 bits per heavy atom. The van der Waals surface area contributed by atoms with E-state index in [-0.39, 0.29) is 29.7 Å². The average Bonchev–Trinajstić information content (AvgIpc) is 3.01. The van der Waals surface area contributed by atoms with Crippen LogP contribution in [-0.2, 0) is 16.0 Å². The van der Waals surface area contributed by atoms with Gasteiger partial charge in [-0.25, -0.2) is 4.79 Å². The molecule has 1 saturated heterocycles. The SMILES string of the molecule is Cc1cc(O)c2c(C)c(CC(=O)NCC3CCCO3)c(=O)oc2c1. The van der Waals surface area contributed by atoms with Gasteiger partial charge in [0.2, 0.25) is 5.91 Å². The Bertz CT molecular complexity index is 833. The van der Waals surface area contributed by atoms with E-state index >= 15 is 0 Å². The number of carbonyl (C=O) groups excluding carboxylic acids is 1. The van der Waals surface area contributed by atoms with Crippen molar-refractivity contribution in [3.05, 3.63) is 39.2 Å². The van der Waals surface area contributed by atoms with Crippen molar-refractivity contribution in [2.75, 3.05) is 13.2 Å². The van der Waals surface area contributed by atoms with Crippen LogP contribution in [0.1, 0.15) is 29.5 Å². The van der Waals surface area contributed by atoms with Gasteiger partial charge in [-0.2, -0.15) is 0 Å². The highest BCUT2D eigenvalue weighted by atomic mass is 16.5. The van der Waals surface area contributed by atoms with E-state index in [1.165, 1.54) is 0 Å². The van der Waals surface area contributed by atoms with Crippen LogP contribution in [0.3, 0.4) is 0 Å². The first-order chi connectivity index (χ1) is 11.5. The number of phenolic OH excluding ortho intramolecular Hbond substituents is 1. The summed E-state index contributed by atoms with van der Waals surface area (Å²) in [6, 6.07) is 3.31. The van der Waals surface area contributed by atoms with Gasteiger partial charge in [-0.1, -0.05) is 0 Å². The minimum Gasteiger partial charge on any atom is -0.507 e. The number of fused-ring (bicyclic) bond motifs is 1. The molecule has 2 heterocycles. The van der Waals surface area contributed by atoms with Crippen molar-refractivity contribution in [2.24, 2.45) is 0 Å². The Hall–Kier alpha value is -2.34. The van der Waals surface area contributed by atoms with Gasteiger partial charge in [-0.15, -0.1) is 0 Å². The molecule has 0 aliphatic carbocycles. The molecule has 1 amide bonds. The zero-order valence-electron chi connectivity index (χ0n) is 13.8. The van der Waals surface area contributed by atoms with Crippen molar-refractivity contribution < 1.29 is 19.1 Å². The van der Waals surface area contributed by atoms with Gasteiger partial charge in [0.05, 0.1) is 23.5 Å². The lowest BCUT2D eigenvalue weighted by atomic mass is 10.0. The van der Waals surface area contributed by atoms with Crippen molar-refractivity contribution >= 4 is 16.9 Å². The highest BCUT2D eigenvalue weighted by Gasteiger charge is 2.19. The third-order valence-corrected chi connectivity index (χ3v) is 4.39. The second-order valence-corrected chi connectivity index (χ2v) is 6.27. The molecule has 0 saturated carbocycles. The first kappa shape index (κ1) is 16.5. The van der Waals surface area contributed by atoms with Gasteiger partial charge >= 0.3 is 5.63 Å². The Morgan fingerprint density at radius 2 is 2.17 bits per heavy atom. The molecule has 1 aromatic heterocycles.